The highest BCUT2D eigenvalue weighted by Crippen LogP contribution is 2.43. The van der Waals surface area contributed by atoms with Gasteiger partial charge in [-0.2, -0.15) is 0 Å². The molecular weight excluding hydrogens is 405 g/mol. The summed E-state index contributed by atoms with van der Waals surface area (Å²) in [5.74, 6) is 0. The highest BCUT2D eigenvalue weighted by Gasteiger charge is 2.39. The summed E-state index contributed by atoms with van der Waals surface area (Å²) in [7, 11) is -2.17. The summed E-state index contributed by atoms with van der Waals surface area (Å²) in [5.41, 5.74) is 0.940. The van der Waals surface area contributed by atoms with E-state index in [1.54, 1.807) is 6.33 Å². The minimum atomic E-state index is -2.17. The van der Waals surface area contributed by atoms with Gasteiger partial charge in [0.05, 0.1) is 5.39 Å². The Morgan fingerprint density at radius 3 is 2.45 bits per heavy atom. The molecule has 22 heavy (non-hydrogen) atoms. The summed E-state index contributed by atoms with van der Waals surface area (Å²) < 4.78 is 3.44. The van der Waals surface area contributed by atoms with E-state index >= 15 is 0 Å². The molecule has 0 saturated heterocycles. The van der Waals surface area contributed by atoms with E-state index in [0.717, 1.165) is 23.9 Å². The van der Waals surface area contributed by atoms with Crippen molar-refractivity contribution >= 4 is 41.9 Å². The lowest BCUT2D eigenvalue weighted by molar-refractivity contribution is 0.300. The van der Waals surface area contributed by atoms with Gasteiger partial charge in [0.1, 0.15) is 12.0 Å². The summed E-state index contributed by atoms with van der Waals surface area (Å²) in [6.45, 7) is 12.9. The SMILES string of the molecule is CC(C)(CCC(C)(C)[Si](C)(C)O)n1cc(I)c2cncnc21. The predicted molar refractivity (Wildman–Crippen MR) is 103 cm³/mol. The molecule has 2 aromatic rings. The van der Waals surface area contributed by atoms with Gasteiger partial charge in [-0.25, -0.2) is 9.97 Å². The van der Waals surface area contributed by atoms with Crippen LogP contribution >= 0.6 is 22.6 Å². The van der Waals surface area contributed by atoms with Crippen LogP contribution in [-0.2, 0) is 5.54 Å². The highest BCUT2D eigenvalue weighted by atomic mass is 127. The number of aromatic nitrogens is 3. The lowest BCUT2D eigenvalue weighted by atomic mass is 9.93. The molecule has 0 fully saturated rings. The largest absolute Gasteiger partial charge is 0.432 e. The van der Waals surface area contributed by atoms with Crippen molar-refractivity contribution in [3.8, 4) is 0 Å². The van der Waals surface area contributed by atoms with Gasteiger partial charge in [-0.05, 0) is 67.4 Å². The van der Waals surface area contributed by atoms with Crippen LogP contribution in [0.1, 0.15) is 40.5 Å². The number of halogens is 1. The Morgan fingerprint density at radius 1 is 1.23 bits per heavy atom. The van der Waals surface area contributed by atoms with Crippen molar-refractivity contribution in [3.63, 3.8) is 0 Å². The van der Waals surface area contributed by atoms with Crippen molar-refractivity contribution in [2.75, 3.05) is 0 Å². The van der Waals surface area contributed by atoms with E-state index in [9.17, 15) is 4.80 Å². The lowest BCUT2D eigenvalue weighted by Crippen LogP contribution is -2.40. The minimum absolute atomic E-state index is 0.00460. The van der Waals surface area contributed by atoms with Gasteiger partial charge < -0.3 is 9.36 Å². The third-order valence-electron chi connectivity index (χ3n) is 5.09. The Labute approximate surface area is 147 Å². The fraction of sp³-hybridized carbons (Fsp3) is 0.625. The summed E-state index contributed by atoms with van der Waals surface area (Å²) in [5, 5.41) is 1.10. The monoisotopic (exact) mass is 431 g/mol. The zero-order valence-corrected chi connectivity index (χ0v) is 17.5. The molecule has 0 aromatic carbocycles. The molecule has 2 heterocycles. The average Bonchev–Trinajstić information content (AvgIpc) is 2.74. The molecule has 0 saturated carbocycles. The first-order valence-corrected chi connectivity index (χ1v) is 11.7. The first kappa shape index (κ1) is 17.9. The van der Waals surface area contributed by atoms with E-state index in [2.05, 4.69) is 71.0 Å². The van der Waals surface area contributed by atoms with E-state index in [-0.39, 0.29) is 10.6 Å². The quantitative estimate of drug-likeness (QED) is 0.559. The van der Waals surface area contributed by atoms with Crippen LogP contribution in [0.3, 0.4) is 0 Å². The molecule has 4 nitrogen and oxygen atoms in total. The second-order valence-electron chi connectivity index (χ2n) is 7.86. The van der Waals surface area contributed by atoms with Crippen molar-refractivity contribution in [2.45, 2.75) is 64.2 Å². The van der Waals surface area contributed by atoms with Gasteiger partial charge in [-0.1, -0.05) is 13.8 Å². The summed E-state index contributed by atoms with van der Waals surface area (Å²) >= 11 is 2.34. The number of rotatable bonds is 5. The maximum Gasteiger partial charge on any atom is 0.188 e. The lowest BCUT2D eigenvalue weighted by Gasteiger charge is -2.38. The zero-order valence-electron chi connectivity index (χ0n) is 14.3. The van der Waals surface area contributed by atoms with Crippen LogP contribution in [0.2, 0.25) is 18.1 Å². The van der Waals surface area contributed by atoms with Crippen molar-refractivity contribution in [2.24, 2.45) is 0 Å². The Balaban J connectivity index is 2.30. The molecule has 122 valence electrons. The van der Waals surface area contributed by atoms with Crippen LogP contribution < -0.4 is 0 Å². The standard InChI is InChI=1S/C16H26IN3OSi/c1-15(2,7-8-16(3,4)22(5,6)21)20-10-13(17)12-9-18-11-19-14(12)20/h9-11,21H,7-8H2,1-6H3. The first-order valence-electron chi connectivity index (χ1n) is 7.65. The van der Waals surface area contributed by atoms with Gasteiger partial charge in [0.25, 0.3) is 0 Å². The van der Waals surface area contributed by atoms with E-state index in [1.807, 2.05) is 19.3 Å². The van der Waals surface area contributed by atoms with Gasteiger partial charge >= 0.3 is 0 Å². The number of fused-ring (bicyclic) bond motifs is 1. The Hall–Kier alpha value is -0.473. The van der Waals surface area contributed by atoms with Crippen LogP contribution in [0.25, 0.3) is 11.0 Å². The van der Waals surface area contributed by atoms with Gasteiger partial charge in [-0.3, -0.25) is 0 Å². The molecule has 0 unspecified atom stereocenters. The average molecular weight is 431 g/mol. The van der Waals surface area contributed by atoms with Crippen molar-refractivity contribution in [1.82, 2.24) is 14.5 Å². The Morgan fingerprint density at radius 2 is 1.86 bits per heavy atom. The second kappa shape index (κ2) is 5.87. The third-order valence-corrected chi connectivity index (χ3v) is 9.51. The maximum absolute atomic E-state index is 10.5. The topological polar surface area (TPSA) is 50.9 Å². The van der Waals surface area contributed by atoms with E-state index in [1.165, 1.54) is 3.57 Å². The fourth-order valence-electron chi connectivity index (χ4n) is 2.43. The summed E-state index contributed by atoms with van der Waals surface area (Å²) in [6, 6.07) is 0. The molecule has 0 atom stereocenters. The van der Waals surface area contributed by atoms with Crippen LogP contribution in [0.5, 0.6) is 0 Å². The van der Waals surface area contributed by atoms with Crippen molar-refractivity contribution in [1.29, 1.82) is 0 Å². The van der Waals surface area contributed by atoms with E-state index < -0.39 is 8.32 Å². The maximum atomic E-state index is 10.5. The van der Waals surface area contributed by atoms with Crippen molar-refractivity contribution < 1.29 is 4.80 Å². The number of hydrogen-bond acceptors (Lipinski definition) is 3. The molecule has 2 aromatic heterocycles. The Kier molecular flexibility index (Phi) is 4.77. The van der Waals surface area contributed by atoms with Gasteiger partial charge in [-0.15, -0.1) is 0 Å². The van der Waals surface area contributed by atoms with E-state index in [4.69, 9.17) is 0 Å². The second-order valence-corrected chi connectivity index (χ2v) is 13.5. The highest BCUT2D eigenvalue weighted by molar-refractivity contribution is 14.1. The normalized spacial score (nSPS) is 13.8. The number of nitrogens with zero attached hydrogens (tertiary/aromatic N) is 3. The molecule has 0 aliphatic rings. The Bertz CT molecular complexity index is 674. The molecule has 0 bridgehead atoms. The van der Waals surface area contributed by atoms with Crippen LogP contribution in [0.4, 0.5) is 0 Å². The smallest absolute Gasteiger partial charge is 0.188 e. The van der Waals surface area contributed by atoms with Crippen LogP contribution in [-0.4, -0.2) is 27.6 Å². The molecule has 0 aliphatic carbocycles. The zero-order chi connectivity index (χ0) is 16.8. The van der Waals surface area contributed by atoms with Crippen LogP contribution in [0.15, 0.2) is 18.7 Å². The summed E-state index contributed by atoms with van der Waals surface area (Å²) in [6.07, 6.45) is 7.65. The van der Waals surface area contributed by atoms with E-state index in [0.29, 0.717) is 0 Å². The van der Waals surface area contributed by atoms with Crippen LogP contribution in [0, 0.1) is 3.57 Å². The molecule has 0 aliphatic heterocycles. The molecule has 2 rings (SSSR count). The van der Waals surface area contributed by atoms with Gasteiger partial charge in [0, 0.05) is 21.5 Å². The minimum Gasteiger partial charge on any atom is -0.432 e. The summed E-state index contributed by atoms with van der Waals surface area (Å²) in [4.78, 5) is 19.1. The fourth-order valence-corrected chi connectivity index (χ4v) is 3.83. The third kappa shape index (κ3) is 3.38. The molecule has 0 amide bonds. The van der Waals surface area contributed by atoms with Crippen molar-refractivity contribution in [3.05, 3.63) is 22.3 Å². The molecule has 1 N–H and O–H groups in total. The molecule has 0 radical (unpaired) electrons. The predicted octanol–water partition coefficient (Wildman–Crippen LogP) is 4.53. The first-order chi connectivity index (χ1) is 9.96. The molecule has 0 spiro atoms. The van der Waals surface area contributed by atoms with Gasteiger partial charge in [0.15, 0.2) is 8.32 Å². The number of hydrogen-bond donors (Lipinski definition) is 1. The van der Waals surface area contributed by atoms with Gasteiger partial charge in [0.2, 0.25) is 0 Å². The molecule has 6 heteroatoms. The molecular formula is C16H26IN3OSi.